The van der Waals surface area contributed by atoms with Gasteiger partial charge in [0.25, 0.3) is 5.69 Å². The Morgan fingerprint density at radius 3 is 2.33 bits per heavy atom. The first-order chi connectivity index (χ1) is 10.1. The molecule has 1 aliphatic rings. The summed E-state index contributed by atoms with van der Waals surface area (Å²) in [6.45, 7) is 0. The summed E-state index contributed by atoms with van der Waals surface area (Å²) in [5.41, 5.74) is 1.57. The van der Waals surface area contributed by atoms with Crippen LogP contribution in [-0.4, -0.2) is 16.1 Å². The lowest BCUT2D eigenvalue weighted by Crippen LogP contribution is -2.28. The zero-order valence-corrected chi connectivity index (χ0v) is 11.6. The van der Waals surface area contributed by atoms with E-state index in [1.165, 1.54) is 6.07 Å². The Balaban J connectivity index is 1.85. The van der Waals surface area contributed by atoms with Gasteiger partial charge in [0.1, 0.15) is 0 Å². The van der Waals surface area contributed by atoms with Crippen LogP contribution in [0.3, 0.4) is 0 Å². The predicted octanol–water partition coefficient (Wildman–Crippen LogP) is 3.23. The zero-order valence-electron chi connectivity index (χ0n) is 11.6. The molecule has 1 N–H and O–H groups in total. The third kappa shape index (κ3) is 2.54. The number of hydrogen-bond acceptors (Lipinski definition) is 3. The number of rotatable bonds is 5. The zero-order chi connectivity index (χ0) is 14.9. The van der Waals surface area contributed by atoms with Gasteiger partial charge in [-0.3, -0.25) is 10.1 Å². The van der Waals surface area contributed by atoms with Crippen LogP contribution in [0.4, 0.5) is 5.69 Å². The summed E-state index contributed by atoms with van der Waals surface area (Å²) in [6.07, 6.45) is 1.57. The van der Waals surface area contributed by atoms with Crippen LogP contribution in [0.5, 0.6) is 0 Å². The van der Waals surface area contributed by atoms with Crippen LogP contribution in [0, 0.1) is 10.1 Å². The Labute approximate surface area is 123 Å². The number of hydrogen-bond donors (Lipinski definition) is 1. The van der Waals surface area contributed by atoms with Crippen LogP contribution < -0.4 is 0 Å². The minimum absolute atomic E-state index is 0.0837. The van der Waals surface area contributed by atoms with E-state index in [-0.39, 0.29) is 16.0 Å². The molecule has 1 atom stereocenters. The van der Waals surface area contributed by atoms with E-state index >= 15 is 0 Å². The largest absolute Gasteiger partial charge is 0.392 e. The fraction of sp³-hybridized carbons (Fsp3) is 0.294. The van der Waals surface area contributed by atoms with Crippen LogP contribution in [0.25, 0.3) is 0 Å². The molecule has 108 valence electrons. The minimum atomic E-state index is -0.596. The van der Waals surface area contributed by atoms with E-state index in [1.54, 1.807) is 18.2 Å². The van der Waals surface area contributed by atoms with Crippen molar-refractivity contribution in [2.75, 3.05) is 0 Å². The molecule has 0 saturated heterocycles. The summed E-state index contributed by atoms with van der Waals surface area (Å²) in [5, 5.41) is 21.7. The van der Waals surface area contributed by atoms with Crippen molar-refractivity contribution in [3.8, 4) is 0 Å². The summed E-state index contributed by atoms with van der Waals surface area (Å²) in [7, 11) is 0. The first-order valence-electron chi connectivity index (χ1n) is 7.09. The monoisotopic (exact) mass is 283 g/mol. The van der Waals surface area contributed by atoms with E-state index in [0.29, 0.717) is 12.0 Å². The highest BCUT2D eigenvalue weighted by atomic mass is 16.6. The van der Waals surface area contributed by atoms with Crippen LogP contribution >= 0.6 is 0 Å². The Bertz CT molecular complexity index is 650. The van der Waals surface area contributed by atoms with Gasteiger partial charge in [-0.25, -0.2) is 0 Å². The highest BCUT2D eigenvalue weighted by Crippen LogP contribution is 2.51. The normalized spacial score (nSPS) is 17.2. The van der Waals surface area contributed by atoms with Crippen molar-refractivity contribution in [2.45, 2.75) is 30.8 Å². The Hall–Kier alpha value is -2.20. The molecule has 1 fully saturated rings. The van der Waals surface area contributed by atoms with Gasteiger partial charge in [0.05, 0.1) is 11.0 Å². The Morgan fingerprint density at radius 1 is 1.10 bits per heavy atom. The van der Waals surface area contributed by atoms with E-state index in [2.05, 4.69) is 0 Å². The molecule has 0 amide bonds. The van der Waals surface area contributed by atoms with Gasteiger partial charge in [-0.05, 0) is 18.4 Å². The summed E-state index contributed by atoms with van der Waals surface area (Å²) >= 11 is 0. The first kappa shape index (κ1) is 13.8. The number of nitro groups is 1. The molecule has 4 heteroatoms. The molecular formula is C17H17NO3. The molecule has 1 saturated carbocycles. The molecule has 0 aliphatic heterocycles. The molecule has 2 aromatic carbocycles. The van der Waals surface area contributed by atoms with Gasteiger partial charge in [0, 0.05) is 23.5 Å². The predicted molar refractivity (Wildman–Crippen MR) is 80.2 cm³/mol. The van der Waals surface area contributed by atoms with E-state index in [9.17, 15) is 15.2 Å². The number of para-hydroxylation sites is 1. The molecule has 2 aromatic rings. The van der Waals surface area contributed by atoms with Crippen LogP contribution in [0.2, 0.25) is 0 Å². The third-order valence-electron chi connectivity index (χ3n) is 4.38. The number of nitro benzene ring substituents is 1. The number of benzene rings is 2. The molecule has 4 nitrogen and oxygen atoms in total. The van der Waals surface area contributed by atoms with Gasteiger partial charge in [-0.1, -0.05) is 48.5 Å². The molecular weight excluding hydrogens is 266 g/mol. The molecule has 0 spiro atoms. The van der Waals surface area contributed by atoms with Gasteiger partial charge in [-0.2, -0.15) is 0 Å². The molecule has 1 unspecified atom stereocenters. The second kappa shape index (κ2) is 5.30. The second-order valence-corrected chi connectivity index (χ2v) is 5.63. The Kier molecular flexibility index (Phi) is 3.47. The van der Waals surface area contributed by atoms with Crippen molar-refractivity contribution < 1.29 is 10.0 Å². The topological polar surface area (TPSA) is 63.4 Å². The summed E-state index contributed by atoms with van der Waals surface area (Å²) in [4.78, 5) is 10.7. The summed E-state index contributed by atoms with van der Waals surface area (Å²) in [6, 6.07) is 16.6. The van der Waals surface area contributed by atoms with Gasteiger partial charge < -0.3 is 5.11 Å². The summed E-state index contributed by atoms with van der Waals surface area (Å²) in [5.74, 6) is 0. The molecule has 0 radical (unpaired) electrons. The number of aliphatic hydroxyl groups is 1. The number of aliphatic hydroxyl groups excluding tert-OH is 1. The molecule has 0 aromatic heterocycles. The lowest BCUT2D eigenvalue weighted by atomic mass is 9.86. The van der Waals surface area contributed by atoms with Crippen molar-refractivity contribution >= 4 is 5.69 Å². The van der Waals surface area contributed by atoms with Gasteiger partial charge >= 0.3 is 0 Å². The lowest BCUT2D eigenvalue weighted by molar-refractivity contribution is -0.385. The van der Waals surface area contributed by atoms with Crippen LogP contribution in [0.15, 0.2) is 54.6 Å². The molecule has 0 bridgehead atoms. The second-order valence-electron chi connectivity index (χ2n) is 5.63. The quantitative estimate of drug-likeness (QED) is 0.677. The van der Waals surface area contributed by atoms with Gasteiger partial charge in [0.15, 0.2) is 0 Å². The van der Waals surface area contributed by atoms with E-state index < -0.39 is 6.10 Å². The smallest absolute Gasteiger partial charge is 0.272 e. The molecule has 0 heterocycles. The maximum Gasteiger partial charge on any atom is 0.272 e. The number of nitrogens with zero attached hydrogens (tertiary/aromatic N) is 1. The molecule has 21 heavy (non-hydrogen) atoms. The van der Waals surface area contributed by atoms with Crippen molar-refractivity contribution in [2.24, 2.45) is 0 Å². The molecule has 1 aliphatic carbocycles. The third-order valence-corrected chi connectivity index (χ3v) is 4.38. The van der Waals surface area contributed by atoms with Crippen LogP contribution in [-0.2, 0) is 11.8 Å². The van der Waals surface area contributed by atoms with E-state index in [0.717, 1.165) is 18.4 Å². The maximum absolute atomic E-state index is 11.1. The van der Waals surface area contributed by atoms with Crippen molar-refractivity contribution in [3.63, 3.8) is 0 Å². The fourth-order valence-corrected chi connectivity index (χ4v) is 2.98. The highest BCUT2D eigenvalue weighted by Gasteiger charge is 2.50. The van der Waals surface area contributed by atoms with E-state index in [4.69, 9.17) is 0 Å². The van der Waals surface area contributed by atoms with Crippen molar-refractivity contribution in [3.05, 3.63) is 75.8 Å². The maximum atomic E-state index is 11.1. The summed E-state index contributed by atoms with van der Waals surface area (Å²) < 4.78 is 0. The molecule has 3 rings (SSSR count). The standard InChI is InChI=1S/C17H17NO3/c19-16(12-13-6-4-5-9-15(13)18(20)21)17(10-11-17)14-7-2-1-3-8-14/h1-9,16,19H,10-12H2. The fourth-order valence-electron chi connectivity index (χ4n) is 2.98. The van der Waals surface area contributed by atoms with Gasteiger partial charge in [-0.15, -0.1) is 0 Å². The lowest BCUT2D eigenvalue weighted by Gasteiger charge is -2.22. The van der Waals surface area contributed by atoms with E-state index in [1.807, 2.05) is 30.3 Å². The van der Waals surface area contributed by atoms with Crippen molar-refractivity contribution in [1.82, 2.24) is 0 Å². The first-order valence-corrected chi connectivity index (χ1v) is 7.09. The van der Waals surface area contributed by atoms with Gasteiger partial charge in [0.2, 0.25) is 0 Å². The SMILES string of the molecule is O=[N+]([O-])c1ccccc1CC(O)C1(c2ccccc2)CC1. The average molecular weight is 283 g/mol. The minimum Gasteiger partial charge on any atom is -0.392 e. The van der Waals surface area contributed by atoms with Crippen LogP contribution in [0.1, 0.15) is 24.0 Å². The Morgan fingerprint density at radius 2 is 1.71 bits per heavy atom. The highest BCUT2D eigenvalue weighted by molar-refractivity contribution is 5.42. The van der Waals surface area contributed by atoms with Crippen molar-refractivity contribution in [1.29, 1.82) is 0 Å². The average Bonchev–Trinajstić information content (AvgIpc) is 3.30.